The zero-order valence-corrected chi connectivity index (χ0v) is 16.0. The van der Waals surface area contributed by atoms with Crippen LogP contribution in [-0.2, 0) is 19.4 Å². The number of barbiturate groups is 1. The van der Waals surface area contributed by atoms with Crippen LogP contribution in [0.4, 0.5) is 4.79 Å². The molecule has 130 valence electrons. The van der Waals surface area contributed by atoms with Gasteiger partial charge in [-0.3, -0.25) is 19.4 Å². The molecule has 1 unspecified atom stereocenters. The second kappa shape index (κ2) is 6.14. The first-order valence-corrected chi connectivity index (χ1v) is 11.3. The molecule has 1 saturated heterocycles. The van der Waals surface area contributed by atoms with E-state index in [0.29, 0.717) is 5.56 Å². The molecule has 0 radical (unpaired) electrons. The number of imide groups is 2. The Labute approximate surface area is 143 Å². The molecular formula is C17H24N2O4Si. The molecule has 24 heavy (non-hydrogen) atoms. The molecule has 1 atom stereocenters. The van der Waals surface area contributed by atoms with Gasteiger partial charge in [0, 0.05) is 14.1 Å². The summed E-state index contributed by atoms with van der Waals surface area (Å²) in [5, 5.41) is 0. The molecule has 2 rings (SSSR count). The average molecular weight is 348 g/mol. The summed E-state index contributed by atoms with van der Waals surface area (Å²) in [5.41, 5.74) is -1.02. The van der Waals surface area contributed by atoms with Crippen molar-refractivity contribution in [1.29, 1.82) is 0 Å². The van der Waals surface area contributed by atoms with E-state index in [0.717, 1.165) is 9.80 Å². The van der Waals surface area contributed by atoms with Crippen LogP contribution < -0.4 is 0 Å². The molecular weight excluding hydrogens is 324 g/mol. The van der Waals surface area contributed by atoms with Crippen molar-refractivity contribution in [2.45, 2.75) is 38.1 Å². The van der Waals surface area contributed by atoms with E-state index < -0.39 is 37.7 Å². The minimum atomic E-state index is -2.03. The fourth-order valence-corrected chi connectivity index (χ4v) is 4.41. The van der Waals surface area contributed by atoms with E-state index in [-0.39, 0.29) is 0 Å². The van der Waals surface area contributed by atoms with Crippen molar-refractivity contribution < 1.29 is 18.8 Å². The molecule has 1 aromatic rings. The third kappa shape index (κ3) is 2.78. The molecule has 0 N–H and O–H groups in total. The van der Waals surface area contributed by atoms with Gasteiger partial charge in [0.05, 0.1) is 6.10 Å². The van der Waals surface area contributed by atoms with Gasteiger partial charge in [0.1, 0.15) is 0 Å². The number of likely N-dealkylation sites (N-methyl/N-ethyl adjacent to an activating group) is 2. The topological polar surface area (TPSA) is 66.9 Å². The Morgan fingerprint density at radius 3 is 1.83 bits per heavy atom. The van der Waals surface area contributed by atoms with Gasteiger partial charge in [0.25, 0.3) is 11.8 Å². The van der Waals surface area contributed by atoms with Gasteiger partial charge in [0.15, 0.2) is 13.7 Å². The lowest BCUT2D eigenvalue weighted by Crippen LogP contribution is -2.69. The predicted molar refractivity (Wildman–Crippen MR) is 92.9 cm³/mol. The molecule has 0 spiro atoms. The highest BCUT2D eigenvalue weighted by molar-refractivity contribution is 6.69. The van der Waals surface area contributed by atoms with Crippen LogP contribution >= 0.6 is 0 Å². The van der Waals surface area contributed by atoms with E-state index in [4.69, 9.17) is 4.43 Å². The molecule has 7 heteroatoms. The van der Waals surface area contributed by atoms with Crippen LogP contribution in [0.15, 0.2) is 30.3 Å². The van der Waals surface area contributed by atoms with Gasteiger partial charge in [-0.05, 0) is 32.1 Å². The first-order valence-electron chi connectivity index (χ1n) is 7.87. The SMILES string of the molecule is CC(O[Si](C)(C)C)C1(c2ccccc2)C(=O)N(C)C(=O)N(C)C1=O. The number of hydrogen-bond donors (Lipinski definition) is 0. The summed E-state index contributed by atoms with van der Waals surface area (Å²) in [6.07, 6.45) is -0.690. The largest absolute Gasteiger partial charge is 0.413 e. The molecule has 0 aliphatic carbocycles. The Balaban J connectivity index is 2.69. The third-order valence-electron chi connectivity index (χ3n) is 4.23. The van der Waals surface area contributed by atoms with E-state index in [1.165, 1.54) is 14.1 Å². The molecule has 0 aromatic heterocycles. The van der Waals surface area contributed by atoms with Crippen molar-refractivity contribution >= 4 is 26.2 Å². The zero-order valence-electron chi connectivity index (χ0n) is 15.0. The summed E-state index contributed by atoms with van der Waals surface area (Å²) in [6.45, 7) is 7.73. The lowest BCUT2D eigenvalue weighted by molar-refractivity contribution is -0.155. The predicted octanol–water partition coefficient (Wildman–Crippen LogP) is 2.21. The Morgan fingerprint density at radius 1 is 0.958 bits per heavy atom. The van der Waals surface area contributed by atoms with Gasteiger partial charge in [-0.2, -0.15) is 0 Å². The standard InChI is InChI=1S/C17H24N2O4Si/c1-12(23-24(4,5)6)17(13-10-8-7-9-11-13)14(20)18(2)16(22)19(3)15(17)21/h7-12H,1-6H3. The Kier molecular flexibility index (Phi) is 4.69. The summed E-state index contributed by atoms with van der Waals surface area (Å²) in [7, 11) is 0.760. The first kappa shape index (κ1) is 18.3. The molecule has 0 saturated carbocycles. The fraction of sp³-hybridized carbons (Fsp3) is 0.471. The molecule has 1 aliphatic rings. The Bertz CT molecular complexity index is 645. The van der Waals surface area contributed by atoms with Crippen molar-refractivity contribution in [3.63, 3.8) is 0 Å². The van der Waals surface area contributed by atoms with Crippen LogP contribution in [0.1, 0.15) is 12.5 Å². The van der Waals surface area contributed by atoms with Crippen molar-refractivity contribution in [1.82, 2.24) is 9.80 Å². The number of benzene rings is 1. The summed E-state index contributed by atoms with van der Waals surface area (Å²) in [6, 6.07) is 8.20. The third-order valence-corrected chi connectivity index (χ3v) is 5.29. The summed E-state index contributed by atoms with van der Waals surface area (Å²) in [5.74, 6) is -1.10. The van der Waals surface area contributed by atoms with Gasteiger partial charge in [-0.1, -0.05) is 30.3 Å². The van der Waals surface area contributed by atoms with Gasteiger partial charge < -0.3 is 4.43 Å². The maximum Gasteiger partial charge on any atom is 0.332 e. The van der Waals surface area contributed by atoms with Gasteiger partial charge in [0.2, 0.25) is 0 Å². The van der Waals surface area contributed by atoms with Crippen molar-refractivity contribution in [2.75, 3.05) is 14.1 Å². The minimum absolute atomic E-state index is 0.539. The first-order chi connectivity index (χ1) is 11.0. The van der Waals surface area contributed by atoms with Crippen LogP contribution in [0.5, 0.6) is 0 Å². The quantitative estimate of drug-likeness (QED) is 0.618. The molecule has 1 aromatic carbocycles. The number of rotatable bonds is 4. The highest BCUT2D eigenvalue weighted by atomic mass is 28.4. The van der Waals surface area contributed by atoms with Crippen molar-refractivity contribution in [3.8, 4) is 0 Å². The Hall–Kier alpha value is -1.99. The Morgan fingerprint density at radius 2 is 1.42 bits per heavy atom. The monoisotopic (exact) mass is 348 g/mol. The molecule has 4 amide bonds. The summed E-state index contributed by atoms with van der Waals surface area (Å²) < 4.78 is 6.14. The normalized spacial score (nSPS) is 19.7. The van der Waals surface area contributed by atoms with Crippen LogP contribution in [-0.4, -0.2) is 56.2 Å². The number of carbonyl (C=O) groups is 3. The highest BCUT2D eigenvalue weighted by Gasteiger charge is 2.60. The molecule has 6 nitrogen and oxygen atoms in total. The van der Waals surface area contributed by atoms with E-state index in [2.05, 4.69) is 0 Å². The molecule has 1 fully saturated rings. The number of urea groups is 1. The van der Waals surface area contributed by atoms with E-state index in [1.54, 1.807) is 31.2 Å². The second-order valence-corrected chi connectivity index (χ2v) is 11.5. The maximum atomic E-state index is 13.1. The van der Waals surface area contributed by atoms with Crippen molar-refractivity contribution in [2.24, 2.45) is 0 Å². The zero-order chi connectivity index (χ0) is 18.3. The van der Waals surface area contributed by atoms with Gasteiger partial charge >= 0.3 is 6.03 Å². The van der Waals surface area contributed by atoms with E-state index in [9.17, 15) is 14.4 Å². The number of hydrogen-bond acceptors (Lipinski definition) is 4. The molecule has 1 aliphatic heterocycles. The van der Waals surface area contributed by atoms with Crippen LogP contribution in [0.3, 0.4) is 0 Å². The molecule has 1 heterocycles. The van der Waals surface area contributed by atoms with Crippen LogP contribution in [0.25, 0.3) is 0 Å². The number of amides is 4. The fourth-order valence-electron chi connectivity index (χ4n) is 3.17. The molecule has 0 bridgehead atoms. The summed E-state index contributed by atoms with van der Waals surface area (Å²) in [4.78, 5) is 40.4. The van der Waals surface area contributed by atoms with Crippen LogP contribution in [0, 0.1) is 0 Å². The minimum Gasteiger partial charge on any atom is -0.413 e. The smallest absolute Gasteiger partial charge is 0.332 e. The highest BCUT2D eigenvalue weighted by Crippen LogP contribution is 2.38. The number of carbonyl (C=O) groups excluding carboxylic acids is 3. The lowest BCUT2D eigenvalue weighted by Gasteiger charge is -2.46. The average Bonchev–Trinajstić information content (AvgIpc) is 2.51. The van der Waals surface area contributed by atoms with E-state index >= 15 is 0 Å². The maximum absolute atomic E-state index is 13.1. The number of nitrogens with zero attached hydrogens (tertiary/aromatic N) is 2. The van der Waals surface area contributed by atoms with E-state index in [1.807, 2.05) is 25.7 Å². The summed E-state index contributed by atoms with van der Waals surface area (Å²) >= 11 is 0. The van der Waals surface area contributed by atoms with Crippen molar-refractivity contribution in [3.05, 3.63) is 35.9 Å². The lowest BCUT2D eigenvalue weighted by atomic mass is 9.72. The van der Waals surface area contributed by atoms with Crippen LogP contribution in [0.2, 0.25) is 19.6 Å². The van der Waals surface area contributed by atoms with Gasteiger partial charge in [-0.25, -0.2) is 4.79 Å². The van der Waals surface area contributed by atoms with Gasteiger partial charge in [-0.15, -0.1) is 0 Å². The second-order valence-electron chi connectivity index (χ2n) is 7.06.